The molecule has 52 valence electrons. The molecule has 0 amide bonds. The van der Waals surface area contributed by atoms with Crippen LogP contribution in [0.25, 0.3) is 0 Å². The predicted molar refractivity (Wildman–Crippen MR) is 41.7 cm³/mol. The van der Waals surface area contributed by atoms with E-state index in [0.717, 1.165) is 11.4 Å². The van der Waals surface area contributed by atoms with Gasteiger partial charge in [0, 0.05) is 6.42 Å². The van der Waals surface area contributed by atoms with E-state index in [1.165, 1.54) is 6.34 Å². The van der Waals surface area contributed by atoms with Crippen molar-refractivity contribution in [2.75, 3.05) is 0 Å². The first-order valence-electron chi connectivity index (χ1n) is 3.16. The third kappa shape index (κ3) is 0.867. The molecule has 0 radical (unpaired) electrons. The molecule has 0 aromatic carbocycles. The lowest BCUT2D eigenvalue weighted by Crippen LogP contribution is -2.09. The molecule has 11 heavy (non-hydrogen) atoms. The van der Waals surface area contributed by atoms with Gasteiger partial charge in [-0.15, -0.1) is 0 Å². The van der Waals surface area contributed by atoms with Crippen LogP contribution in [0.4, 0.5) is 0 Å². The first-order valence-corrected chi connectivity index (χ1v) is 3.16. The van der Waals surface area contributed by atoms with Crippen LogP contribution in [0.2, 0.25) is 0 Å². The molecule has 0 saturated heterocycles. The van der Waals surface area contributed by atoms with Crippen LogP contribution in [0.15, 0.2) is 26.9 Å². The van der Waals surface area contributed by atoms with Gasteiger partial charge in [0.05, 0.1) is 11.9 Å². The molecule has 0 aromatic heterocycles. The molecule has 2 heterocycles. The number of hydrogen-bond donors (Lipinski definition) is 0. The Labute approximate surface area is 63.3 Å². The minimum Gasteiger partial charge on any atom is -0.247 e. The molecule has 2 aliphatic rings. The van der Waals surface area contributed by atoms with Crippen molar-refractivity contribution in [2.24, 2.45) is 15.0 Å². The van der Waals surface area contributed by atoms with E-state index in [2.05, 4.69) is 15.0 Å². The quantitative estimate of drug-likeness (QED) is 0.493. The zero-order chi connectivity index (χ0) is 7.68. The average molecular weight is 144 g/mol. The first kappa shape index (κ1) is 5.98. The third-order valence-corrected chi connectivity index (χ3v) is 1.51. The van der Waals surface area contributed by atoms with Gasteiger partial charge in [-0.1, -0.05) is 0 Å². The average Bonchev–Trinajstić information content (AvgIpc) is 2.50. The zero-order valence-electron chi connectivity index (χ0n) is 5.65. The molecule has 0 N–H and O–H groups in total. The molecular formula is C7H4N4. The van der Waals surface area contributed by atoms with Crippen molar-refractivity contribution in [3.63, 3.8) is 0 Å². The van der Waals surface area contributed by atoms with Crippen molar-refractivity contribution in [3.8, 4) is 6.07 Å². The number of nitriles is 1. The van der Waals surface area contributed by atoms with Gasteiger partial charge in [-0.05, 0) is 0 Å². The highest BCUT2D eigenvalue weighted by atomic mass is 15.0. The lowest BCUT2D eigenvalue weighted by molar-refractivity contribution is 1.33. The van der Waals surface area contributed by atoms with E-state index in [0.29, 0.717) is 12.1 Å². The van der Waals surface area contributed by atoms with Gasteiger partial charge in [0.2, 0.25) is 0 Å². The van der Waals surface area contributed by atoms with Crippen molar-refractivity contribution in [3.05, 3.63) is 11.9 Å². The topological polar surface area (TPSA) is 60.9 Å². The third-order valence-electron chi connectivity index (χ3n) is 1.51. The predicted octanol–water partition coefficient (Wildman–Crippen LogP) is 0.679. The van der Waals surface area contributed by atoms with Crippen LogP contribution in [0.1, 0.15) is 6.42 Å². The number of hydrogen-bond acceptors (Lipinski definition) is 4. The van der Waals surface area contributed by atoms with Crippen LogP contribution in [-0.4, -0.2) is 17.8 Å². The maximum absolute atomic E-state index is 8.51. The largest absolute Gasteiger partial charge is 0.247 e. The van der Waals surface area contributed by atoms with Crippen molar-refractivity contribution in [2.45, 2.75) is 6.42 Å². The number of allylic oxidation sites excluding steroid dienone is 1. The molecule has 0 saturated carbocycles. The van der Waals surface area contributed by atoms with Gasteiger partial charge in [-0.2, -0.15) is 5.26 Å². The molecular weight excluding hydrogens is 140 g/mol. The highest BCUT2D eigenvalue weighted by Gasteiger charge is 2.16. The monoisotopic (exact) mass is 144 g/mol. The Hall–Kier alpha value is -1.76. The summed E-state index contributed by atoms with van der Waals surface area (Å²) in [5.41, 5.74) is 2.12. The number of nitrogens with zero attached hydrogens (tertiary/aromatic N) is 4. The summed E-state index contributed by atoms with van der Waals surface area (Å²) in [6, 6.07) is 1.99. The van der Waals surface area contributed by atoms with E-state index >= 15 is 0 Å². The Balaban J connectivity index is 2.39. The van der Waals surface area contributed by atoms with Crippen molar-refractivity contribution < 1.29 is 0 Å². The van der Waals surface area contributed by atoms with Crippen LogP contribution >= 0.6 is 0 Å². The van der Waals surface area contributed by atoms with E-state index in [9.17, 15) is 0 Å². The minimum absolute atomic E-state index is 0.498. The molecule has 0 atom stereocenters. The van der Waals surface area contributed by atoms with E-state index in [1.54, 1.807) is 6.20 Å². The molecule has 0 fully saturated rings. The van der Waals surface area contributed by atoms with Crippen molar-refractivity contribution in [1.29, 1.82) is 5.26 Å². The SMILES string of the molecule is N#CC1=NC=C2N=CN=C2C1. The normalized spacial score (nSPS) is 19.7. The summed E-state index contributed by atoms with van der Waals surface area (Å²) in [5, 5.41) is 8.51. The summed E-state index contributed by atoms with van der Waals surface area (Å²) in [4.78, 5) is 11.8. The second-order valence-electron chi connectivity index (χ2n) is 2.20. The summed E-state index contributed by atoms with van der Waals surface area (Å²) in [6.07, 6.45) is 3.57. The molecule has 0 bridgehead atoms. The summed E-state index contributed by atoms with van der Waals surface area (Å²) < 4.78 is 0. The van der Waals surface area contributed by atoms with Gasteiger partial charge in [0.25, 0.3) is 0 Å². The van der Waals surface area contributed by atoms with Crippen LogP contribution in [0.5, 0.6) is 0 Å². The smallest absolute Gasteiger partial charge is 0.123 e. The standard InChI is InChI=1S/C7H4N4/c8-2-5-1-6-7(3-9-5)11-4-10-6/h3-4H,1H2. The fourth-order valence-corrected chi connectivity index (χ4v) is 0.957. The lowest BCUT2D eigenvalue weighted by atomic mass is 10.1. The summed E-state index contributed by atoms with van der Waals surface area (Å²) in [6.45, 7) is 0. The molecule has 0 aromatic rings. The number of aliphatic imine (C=N–C) groups is 3. The van der Waals surface area contributed by atoms with Crippen LogP contribution in [0, 0.1) is 11.3 Å². The van der Waals surface area contributed by atoms with E-state index in [4.69, 9.17) is 5.26 Å². The van der Waals surface area contributed by atoms with Gasteiger partial charge in [0.1, 0.15) is 23.8 Å². The second-order valence-corrected chi connectivity index (χ2v) is 2.20. The fraction of sp³-hybridized carbons (Fsp3) is 0.143. The zero-order valence-corrected chi connectivity index (χ0v) is 5.65. The molecule has 4 nitrogen and oxygen atoms in total. The van der Waals surface area contributed by atoms with Gasteiger partial charge in [-0.3, -0.25) is 0 Å². The molecule has 4 heteroatoms. The van der Waals surface area contributed by atoms with Crippen LogP contribution in [-0.2, 0) is 0 Å². The molecule has 2 rings (SSSR count). The lowest BCUT2D eigenvalue weighted by Gasteiger charge is -2.03. The summed E-state index contributed by atoms with van der Waals surface area (Å²) >= 11 is 0. The van der Waals surface area contributed by atoms with Gasteiger partial charge >= 0.3 is 0 Å². The minimum atomic E-state index is 0.498. The van der Waals surface area contributed by atoms with E-state index in [1.807, 2.05) is 6.07 Å². The molecule has 0 spiro atoms. The Morgan fingerprint density at radius 2 is 2.36 bits per heavy atom. The van der Waals surface area contributed by atoms with Crippen molar-refractivity contribution in [1.82, 2.24) is 0 Å². The summed E-state index contributed by atoms with van der Waals surface area (Å²) in [5.74, 6) is 0. The van der Waals surface area contributed by atoms with Crippen molar-refractivity contribution >= 4 is 17.8 Å². The van der Waals surface area contributed by atoms with E-state index < -0.39 is 0 Å². The molecule has 0 unspecified atom stereocenters. The highest BCUT2D eigenvalue weighted by Crippen LogP contribution is 2.14. The number of rotatable bonds is 0. The maximum atomic E-state index is 8.51. The Morgan fingerprint density at radius 3 is 3.18 bits per heavy atom. The summed E-state index contributed by atoms with van der Waals surface area (Å²) in [7, 11) is 0. The van der Waals surface area contributed by atoms with Gasteiger partial charge < -0.3 is 0 Å². The van der Waals surface area contributed by atoms with Crippen LogP contribution in [0.3, 0.4) is 0 Å². The highest BCUT2D eigenvalue weighted by molar-refractivity contribution is 6.21. The van der Waals surface area contributed by atoms with Gasteiger partial charge in [0.15, 0.2) is 0 Å². The first-order chi connectivity index (χ1) is 5.40. The van der Waals surface area contributed by atoms with E-state index in [-0.39, 0.29) is 0 Å². The second kappa shape index (κ2) is 2.13. The van der Waals surface area contributed by atoms with Gasteiger partial charge in [-0.25, -0.2) is 15.0 Å². The maximum Gasteiger partial charge on any atom is 0.123 e. The molecule has 0 aliphatic carbocycles. The Morgan fingerprint density at radius 1 is 1.45 bits per heavy atom. The van der Waals surface area contributed by atoms with Crippen LogP contribution < -0.4 is 0 Å². The Kier molecular flexibility index (Phi) is 1.16. The number of fused-ring (bicyclic) bond motifs is 1. The fourth-order valence-electron chi connectivity index (χ4n) is 0.957. The Bertz CT molecular complexity index is 351. The molecule has 2 aliphatic heterocycles.